The second kappa shape index (κ2) is 6.99. The molecule has 0 unspecified atom stereocenters. The number of hydrogen-bond acceptors (Lipinski definition) is 5. The van der Waals surface area contributed by atoms with E-state index in [9.17, 15) is 15.3 Å². The lowest BCUT2D eigenvalue weighted by atomic mass is 9.91. The number of aromatic hydroxyl groups is 1. The van der Waals surface area contributed by atoms with E-state index in [1.165, 1.54) is 11.8 Å². The molecule has 26 heavy (non-hydrogen) atoms. The van der Waals surface area contributed by atoms with Crippen LogP contribution in [-0.4, -0.2) is 50.4 Å². The highest BCUT2D eigenvalue weighted by Gasteiger charge is 2.48. The Morgan fingerprint density at radius 3 is 2.38 bits per heavy atom. The van der Waals surface area contributed by atoms with Crippen molar-refractivity contribution in [1.29, 1.82) is 0 Å². The Kier molecular flexibility index (Phi) is 4.69. The van der Waals surface area contributed by atoms with Crippen LogP contribution in [0.5, 0.6) is 5.75 Å². The Hall–Kier alpha value is -1.95. The first-order valence-corrected chi connectivity index (χ1v) is 9.32. The zero-order valence-corrected chi connectivity index (χ0v) is 14.8. The van der Waals surface area contributed by atoms with Gasteiger partial charge in [0.1, 0.15) is 11.9 Å². The first-order chi connectivity index (χ1) is 12.5. The molecule has 2 heterocycles. The number of β-amino-alcohol motifs (C(OH)–C–C–N with tert-alkyl or cyclic N) is 1. The molecule has 1 saturated heterocycles. The Morgan fingerprint density at radius 1 is 1.08 bits per heavy atom. The predicted molar refractivity (Wildman–Crippen MR) is 98.6 cm³/mol. The number of aliphatic hydroxyl groups is 2. The maximum absolute atomic E-state index is 11.0. The van der Waals surface area contributed by atoms with Crippen molar-refractivity contribution in [3.63, 3.8) is 0 Å². The molecule has 5 nitrogen and oxygen atoms in total. The molecule has 0 spiro atoms. The van der Waals surface area contributed by atoms with Gasteiger partial charge in [0.05, 0.1) is 17.5 Å². The monoisotopic (exact) mass is 354 g/mol. The molecule has 1 aliphatic heterocycles. The van der Waals surface area contributed by atoms with Gasteiger partial charge < -0.3 is 15.3 Å². The smallest absolute Gasteiger partial charge is 0.133 e. The fourth-order valence-corrected chi connectivity index (χ4v) is 4.76. The van der Waals surface area contributed by atoms with Crippen molar-refractivity contribution in [2.24, 2.45) is 11.8 Å². The van der Waals surface area contributed by atoms with E-state index in [-0.39, 0.29) is 5.75 Å². The summed E-state index contributed by atoms with van der Waals surface area (Å²) in [7, 11) is 0. The minimum atomic E-state index is -0.655. The highest BCUT2D eigenvalue weighted by molar-refractivity contribution is 5.20. The number of aromatic nitrogens is 1. The molecule has 0 bridgehead atoms. The summed E-state index contributed by atoms with van der Waals surface area (Å²) in [4.78, 5) is 6.37. The van der Waals surface area contributed by atoms with Gasteiger partial charge in [-0.3, -0.25) is 9.88 Å². The van der Waals surface area contributed by atoms with Gasteiger partial charge in [-0.15, -0.1) is 0 Å². The molecule has 2 aromatic rings. The van der Waals surface area contributed by atoms with E-state index in [2.05, 4.69) is 22.0 Å². The summed E-state index contributed by atoms with van der Waals surface area (Å²) in [6.07, 6.45) is 3.09. The Labute approximate surface area is 153 Å². The number of likely N-dealkylation sites (tertiary alicyclic amines) is 1. The van der Waals surface area contributed by atoms with Gasteiger partial charge in [-0.1, -0.05) is 30.3 Å². The maximum Gasteiger partial charge on any atom is 0.133 e. The number of rotatable bonds is 5. The number of fused-ring (bicyclic) bond motifs is 1. The van der Waals surface area contributed by atoms with Crippen molar-refractivity contribution < 1.29 is 15.3 Å². The summed E-state index contributed by atoms with van der Waals surface area (Å²) < 4.78 is 0. The second-order valence-corrected chi connectivity index (χ2v) is 7.99. The van der Waals surface area contributed by atoms with Gasteiger partial charge in [0, 0.05) is 26.1 Å². The topological polar surface area (TPSA) is 76.8 Å². The van der Waals surface area contributed by atoms with E-state index >= 15 is 0 Å². The molecule has 3 N–H and O–H groups in total. The summed E-state index contributed by atoms with van der Waals surface area (Å²) in [5.74, 6) is 1.08. The van der Waals surface area contributed by atoms with Crippen molar-refractivity contribution in [2.45, 2.75) is 31.0 Å². The van der Waals surface area contributed by atoms with Crippen LogP contribution in [-0.2, 0) is 6.42 Å². The minimum absolute atomic E-state index is 0.106. The molecule has 0 radical (unpaired) electrons. The molecule has 3 atom stereocenters. The zero-order valence-electron chi connectivity index (χ0n) is 14.8. The average Bonchev–Trinajstić information content (AvgIpc) is 3.10. The number of aliphatic hydroxyl groups excluding tert-OH is 1. The molecule has 138 valence electrons. The van der Waals surface area contributed by atoms with Crippen LogP contribution < -0.4 is 0 Å². The average molecular weight is 354 g/mol. The second-order valence-electron chi connectivity index (χ2n) is 7.99. The first kappa shape index (κ1) is 17.5. The van der Waals surface area contributed by atoms with E-state index in [4.69, 9.17) is 0 Å². The molecule has 5 heteroatoms. The summed E-state index contributed by atoms with van der Waals surface area (Å²) in [6, 6.07) is 13.4. The van der Waals surface area contributed by atoms with Crippen LogP contribution in [0.2, 0.25) is 0 Å². The molecule has 4 rings (SSSR count). The minimum Gasteiger partial charge on any atom is -0.506 e. The van der Waals surface area contributed by atoms with Gasteiger partial charge in [-0.25, -0.2) is 0 Å². The van der Waals surface area contributed by atoms with Crippen molar-refractivity contribution in [1.82, 2.24) is 9.88 Å². The van der Waals surface area contributed by atoms with Crippen LogP contribution in [0.4, 0.5) is 0 Å². The van der Waals surface area contributed by atoms with Crippen molar-refractivity contribution in [3.05, 3.63) is 59.9 Å². The highest BCUT2D eigenvalue weighted by Crippen LogP contribution is 2.45. The Morgan fingerprint density at radius 2 is 1.77 bits per heavy atom. The largest absolute Gasteiger partial charge is 0.506 e. The maximum atomic E-state index is 11.0. The summed E-state index contributed by atoms with van der Waals surface area (Å²) >= 11 is 0. The van der Waals surface area contributed by atoms with Gasteiger partial charge in [0.15, 0.2) is 0 Å². The Balaban J connectivity index is 1.32. The predicted octanol–water partition coefficient (Wildman–Crippen LogP) is 2.14. The molecule has 2 aliphatic rings. The van der Waals surface area contributed by atoms with E-state index in [1.807, 2.05) is 18.2 Å². The normalized spacial score (nSPS) is 25.9. The quantitative estimate of drug-likeness (QED) is 0.767. The number of benzene rings is 1. The van der Waals surface area contributed by atoms with Gasteiger partial charge in [-0.05, 0) is 42.4 Å². The van der Waals surface area contributed by atoms with Crippen LogP contribution >= 0.6 is 0 Å². The van der Waals surface area contributed by atoms with Crippen molar-refractivity contribution >= 4 is 0 Å². The lowest BCUT2D eigenvalue weighted by Crippen LogP contribution is -2.33. The summed E-state index contributed by atoms with van der Waals surface area (Å²) in [6.45, 7) is 2.37. The molecular formula is C21H26N2O3. The van der Waals surface area contributed by atoms with Gasteiger partial charge >= 0.3 is 0 Å². The highest BCUT2D eigenvalue weighted by atomic mass is 16.3. The lowest BCUT2D eigenvalue weighted by Gasteiger charge is -2.27. The number of pyridine rings is 1. The van der Waals surface area contributed by atoms with Crippen LogP contribution in [0.15, 0.2) is 48.7 Å². The fraction of sp³-hybridized carbons (Fsp3) is 0.476. The third-order valence-electron chi connectivity index (χ3n) is 5.86. The van der Waals surface area contributed by atoms with Gasteiger partial charge in [0.25, 0.3) is 0 Å². The lowest BCUT2D eigenvalue weighted by molar-refractivity contribution is 0.0327. The molecule has 2 fully saturated rings. The molecule has 1 saturated carbocycles. The van der Waals surface area contributed by atoms with E-state index in [0.717, 1.165) is 32.4 Å². The van der Waals surface area contributed by atoms with Crippen molar-refractivity contribution in [2.75, 3.05) is 19.6 Å². The third kappa shape index (κ3) is 3.75. The summed E-state index contributed by atoms with van der Waals surface area (Å²) in [5, 5.41) is 30.7. The Bertz CT molecular complexity index is 721. The van der Waals surface area contributed by atoms with E-state index in [1.54, 1.807) is 12.1 Å². The molecule has 1 aromatic heterocycles. The SMILES string of the molecule is Oc1ccc([C@@H](O)CN2C[C@H]3CC(O)(Cc4ccccc4)C[C@@H]3C2)nc1. The van der Waals surface area contributed by atoms with E-state index in [0.29, 0.717) is 24.1 Å². The third-order valence-corrected chi connectivity index (χ3v) is 5.86. The van der Waals surface area contributed by atoms with Crippen molar-refractivity contribution in [3.8, 4) is 5.75 Å². The van der Waals surface area contributed by atoms with E-state index < -0.39 is 11.7 Å². The van der Waals surface area contributed by atoms with Crippen LogP contribution in [0, 0.1) is 11.8 Å². The standard InChI is InChI=1S/C21H26N2O3/c24-18-6-7-19(22-11-18)20(25)14-23-12-16-9-21(26,10-17(16)13-23)8-15-4-2-1-3-5-15/h1-7,11,16-17,20,24-26H,8-10,12-14H2/t16-,17-,20+/m1/s1. The molecule has 1 aliphatic carbocycles. The molecular weight excluding hydrogens is 328 g/mol. The zero-order chi connectivity index (χ0) is 18.1. The van der Waals surface area contributed by atoms with Gasteiger partial charge in [0.2, 0.25) is 0 Å². The molecule has 0 amide bonds. The number of nitrogens with zero attached hydrogens (tertiary/aromatic N) is 2. The van der Waals surface area contributed by atoms with Gasteiger partial charge in [-0.2, -0.15) is 0 Å². The van der Waals surface area contributed by atoms with Crippen LogP contribution in [0.1, 0.15) is 30.2 Å². The summed E-state index contributed by atoms with van der Waals surface area (Å²) in [5.41, 5.74) is 1.18. The van der Waals surface area contributed by atoms with Crippen LogP contribution in [0.3, 0.4) is 0 Å². The van der Waals surface area contributed by atoms with Crippen LogP contribution in [0.25, 0.3) is 0 Å². The number of hydrogen-bond donors (Lipinski definition) is 3. The molecule has 1 aromatic carbocycles. The first-order valence-electron chi connectivity index (χ1n) is 9.32. The fourth-order valence-electron chi connectivity index (χ4n) is 4.76.